The van der Waals surface area contributed by atoms with Crippen molar-refractivity contribution in [2.75, 3.05) is 0 Å². The first kappa shape index (κ1) is 23.9. The van der Waals surface area contributed by atoms with E-state index in [2.05, 4.69) is 14.7 Å². The van der Waals surface area contributed by atoms with Crippen molar-refractivity contribution in [3.63, 3.8) is 0 Å². The fourth-order valence-electron chi connectivity index (χ4n) is 3.32. The molecule has 35 heavy (non-hydrogen) atoms. The molecule has 2 aromatic heterocycles. The van der Waals surface area contributed by atoms with Gasteiger partial charge in [-0.2, -0.15) is 26.9 Å². The molecule has 4 aromatic rings. The number of aliphatic imine (C=N–C) groups is 1. The first-order valence-electron chi connectivity index (χ1n) is 9.72. The molecule has 5 nitrogen and oxygen atoms in total. The molecule has 0 saturated heterocycles. The number of rotatable bonds is 5. The lowest BCUT2D eigenvalue weighted by Crippen LogP contribution is -2.06. The highest BCUT2D eigenvalue weighted by Gasteiger charge is 2.32. The van der Waals surface area contributed by atoms with Crippen LogP contribution in [-0.2, 0) is 10.9 Å². The number of hydrogen-bond acceptors (Lipinski definition) is 4. The van der Waals surface area contributed by atoms with Crippen molar-refractivity contribution in [2.24, 2.45) is 4.99 Å². The Labute approximate surface area is 192 Å². The van der Waals surface area contributed by atoms with Gasteiger partial charge in [0.15, 0.2) is 11.6 Å². The molecule has 0 N–H and O–H groups in total. The van der Waals surface area contributed by atoms with Crippen molar-refractivity contribution in [1.29, 1.82) is 0 Å². The van der Waals surface area contributed by atoms with Gasteiger partial charge in [-0.1, -0.05) is 30.3 Å². The standard InChI is InChI=1S/C23H12F7N3O2/c24-16-10-14(23(28,29)30)7-8-15(16)18-20(32-22(27)35-21(25)26)31-17-9-6-13(11-33(17)18)19(34)12-4-2-1-3-5-12/h1-11,21H. The second kappa shape index (κ2) is 9.20. The Balaban J connectivity index is 1.93. The minimum atomic E-state index is -4.84. The van der Waals surface area contributed by atoms with Crippen LogP contribution < -0.4 is 0 Å². The van der Waals surface area contributed by atoms with Crippen molar-refractivity contribution >= 4 is 23.4 Å². The van der Waals surface area contributed by atoms with E-state index in [9.17, 15) is 35.5 Å². The Hall–Kier alpha value is -4.22. The van der Waals surface area contributed by atoms with Gasteiger partial charge in [-0.15, -0.1) is 4.39 Å². The summed E-state index contributed by atoms with van der Waals surface area (Å²) >= 11 is 0. The van der Waals surface area contributed by atoms with Crippen molar-refractivity contribution < 1.29 is 40.3 Å². The van der Waals surface area contributed by atoms with Crippen LogP contribution in [0.5, 0.6) is 0 Å². The normalized spacial score (nSPS) is 12.4. The number of pyridine rings is 1. The summed E-state index contributed by atoms with van der Waals surface area (Å²) in [5.41, 5.74) is -1.81. The summed E-state index contributed by atoms with van der Waals surface area (Å²) in [5, 5.41) is 0. The van der Waals surface area contributed by atoms with Crippen LogP contribution >= 0.6 is 0 Å². The van der Waals surface area contributed by atoms with Gasteiger partial charge in [-0.25, -0.2) is 9.37 Å². The minimum Gasteiger partial charge on any atom is -0.393 e. The molecule has 0 atom stereocenters. The third kappa shape index (κ3) is 5.00. The van der Waals surface area contributed by atoms with E-state index in [0.717, 1.165) is 10.5 Å². The number of hydrogen-bond donors (Lipinski definition) is 0. The summed E-state index contributed by atoms with van der Waals surface area (Å²) in [4.78, 5) is 20.0. The van der Waals surface area contributed by atoms with E-state index in [1.165, 1.54) is 18.3 Å². The maximum Gasteiger partial charge on any atom is 0.416 e. The Morgan fingerprint density at radius 2 is 1.71 bits per heavy atom. The number of nitrogens with zero attached hydrogens (tertiary/aromatic N) is 3. The van der Waals surface area contributed by atoms with E-state index in [4.69, 9.17) is 0 Å². The predicted octanol–water partition coefficient (Wildman–Crippen LogP) is 6.59. The predicted molar refractivity (Wildman–Crippen MR) is 111 cm³/mol. The number of alkyl halides is 5. The summed E-state index contributed by atoms with van der Waals surface area (Å²) in [5.74, 6) is -2.48. The van der Waals surface area contributed by atoms with Gasteiger partial charge in [-0.05, 0) is 30.3 Å². The molecule has 0 unspecified atom stereocenters. The maximum absolute atomic E-state index is 14.8. The highest BCUT2D eigenvalue weighted by Crippen LogP contribution is 2.37. The second-order valence-corrected chi connectivity index (χ2v) is 7.06. The molecule has 12 heteroatoms. The number of carbonyl (C=O) groups is 1. The quantitative estimate of drug-likeness (QED) is 0.136. The molecule has 4 rings (SSSR count). The van der Waals surface area contributed by atoms with Crippen LogP contribution in [0.4, 0.5) is 36.6 Å². The largest absolute Gasteiger partial charge is 0.416 e. The third-order valence-corrected chi connectivity index (χ3v) is 4.83. The zero-order valence-electron chi connectivity index (χ0n) is 17.2. The molecule has 2 aromatic carbocycles. The summed E-state index contributed by atoms with van der Waals surface area (Å²) in [7, 11) is 0. The zero-order valence-corrected chi connectivity index (χ0v) is 17.2. The van der Waals surface area contributed by atoms with Gasteiger partial charge in [0.05, 0.1) is 5.56 Å². The molecule has 0 aliphatic rings. The smallest absolute Gasteiger partial charge is 0.393 e. The molecule has 0 aliphatic heterocycles. The summed E-state index contributed by atoms with van der Waals surface area (Å²) < 4.78 is 97.0. The topological polar surface area (TPSA) is 56.0 Å². The number of aromatic nitrogens is 2. The number of fused-ring (bicyclic) bond motifs is 1. The molecule has 0 fully saturated rings. The fourth-order valence-corrected chi connectivity index (χ4v) is 3.32. The fraction of sp³-hybridized carbons (Fsp3) is 0.0870. The zero-order chi connectivity index (χ0) is 25.3. The monoisotopic (exact) mass is 495 g/mol. The number of imidazole rings is 1. The average molecular weight is 495 g/mol. The van der Waals surface area contributed by atoms with E-state index in [1.54, 1.807) is 30.3 Å². The highest BCUT2D eigenvalue weighted by atomic mass is 19.4. The van der Waals surface area contributed by atoms with E-state index in [1.807, 2.05) is 0 Å². The van der Waals surface area contributed by atoms with Gasteiger partial charge in [0.2, 0.25) is 0 Å². The Morgan fingerprint density at radius 1 is 1.00 bits per heavy atom. The number of benzene rings is 2. The van der Waals surface area contributed by atoms with Crippen LogP contribution in [0.2, 0.25) is 0 Å². The van der Waals surface area contributed by atoms with Crippen molar-refractivity contribution in [3.05, 3.63) is 89.4 Å². The van der Waals surface area contributed by atoms with Crippen LogP contribution in [0.15, 0.2) is 71.9 Å². The number of ether oxygens (including phenoxy) is 1. The van der Waals surface area contributed by atoms with Crippen LogP contribution in [-0.4, -0.2) is 27.9 Å². The molecule has 0 saturated carbocycles. The van der Waals surface area contributed by atoms with Crippen molar-refractivity contribution in [1.82, 2.24) is 9.38 Å². The molecule has 2 heterocycles. The molecule has 0 bridgehead atoms. The molecule has 0 aliphatic carbocycles. The molecule has 0 spiro atoms. The lowest BCUT2D eigenvalue weighted by Gasteiger charge is -2.10. The number of ketones is 1. The Kier molecular flexibility index (Phi) is 6.29. The van der Waals surface area contributed by atoms with Gasteiger partial charge >= 0.3 is 18.9 Å². The van der Waals surface area contributed by atoms with Gasteiger partial charge in [0, 0.05) is 22.9 Å². The summed E-state index contributed by atoms with van der Waals surface area (Å²) in [6, 6.07) is 12.3. The average Bonchev–Trinajstić information content (AvgIpc) is 3.14. The highest BCUT2D eigenvalue weighted by molar-refractivity contribution is 6.09. The van der Waals surface area contributed by atoms with E-state index in [0.29, 0.717) is 11.6 Å². The van der Waals surface area contributed by atoms with E-state index >= 15 is 0 Å². The van der Waals surface area contributed by atoms with Gasteiger partial charge in [0.25, 0.3) is 0 Å². The lowest BCUT2D eigenvalue weighted by atomic mass is 10.0. The minimum absolute atomic E-state index is 0.0208. The van der Waals surface area contributed by atoms with Gasteiger partial charge in [-0.3, -0.25) is 9.20 Å². The van der Waals surface area contributed by atoms with Crippen molar-refractivity contribution in [2.45, 2.75) is 12.8 Å². The van der Waals surface area contributed by atoms with Gasteiger partial charge in [0.1, 0.15) is 17.2 Å². The number of carbonyl (C=O) groups excluding carboxylic acids is 1. The van der Waals surface area contributed by atoms with Crippen LogP contribution in [0.3, 0.4) is 0 Å². The van der Waals surface area contributed by atoms with Crippen LogP contribution in [0.1, 0.15) is 21.5 Å². The first-order chi connectivity index (χ1) is 16.5. The van der Waals surface area contributed by atoms with Crippen LogP contribution in [0, 0.1) is 5.82 Å². The van der Waals surface area contributed by atoms with Gasteiger partial charge < -0.3 is 4.74 Å². The number of halogens is 7. The maximum atomic E-state index is 14.8. The van der Waals surface area contributed by atoms with E-state index < -0.39 is 47.5 Å². The van der Waals surface area contributed by atoms with E-state index in [-0.39, 0.29) is 23.0 Å². The van der Waals surface area contributed by atoms with Crippen LogP contribution in [0.25, 0.3) is 16.9 Å². The Morgan fingerprint density at radius 3 is 2.34 bits per heavy atom. The summed E-state index contributed by atoms with van der Waals surface area (Å²) in [6.45, 7) is -3.56. The Bertz CT molecular complexity index is 1430. The second-order valence-electron chi connectivity index (χ2n) is 7.06. The molecule has 0 radical (unpaired) electrons. The molecule has 180 valence electrons. The van der Waals surface area contributed by atoms with Crippen molar-refractivity contribution in [3.8, 4) is 11.3 Å². The molecule has 0 amide bonds. The molecular weight excluding hydrogens is 483 g/mol. The lowest BCUT2D eigenvalue weighted by molar-refractivity contribution is -0.137. The molecular formula is C23H12F7N3O2. The SMILES string of the molecule is O=C(c1ccccc1)c1ccc2nc(N=C(F)OC(F)F)c(-c3ccc(C(F)(F)F)cc3F)n2c1. The summed E-state index contributed by atoms with van der Waals surface area (Å²) in [6.07, 6.45) is -5.64. The first-order valence-corrected chi connectivity index (χ1v) is 9.72. The third-order valence-electron chi connectivity index (χ3n) is 4.83.